The molecule has 0 aromatic carbocycles. The van der Waals surface area contributed by atoms with Gasteiger partial charge in [-0.05, 0) is 44.1 Å². The van der Waals surface area contributed by atoms with Gasteiger partial charge in [-0.25, -0.2) is 9.97 Å². The first-order valence-corrected chi connectivity index (χ1v) is 9.28. The summed E-state index contributed by atoms with van der Waals surface area (Å²) in [6.07, 6.45) is 4.77. The van der Waals surface area contributed by atoms with E-state index >= 15 is 0 Å². The number of aromatic nitrogens is 2. The molecule has 1 atom stereocenters. The zero-order valence-electron chi connectivity index (χ0n) is 14.7. The summed E-state index contributed by atoms with van der Waals surface area (Å²) in [4.78, 5) is 11.8. The maximum absolute atomic E-state index is 6.26. The number of rotatable bonds is 5. The van der Waals surface area contributed by atoms with E-state index in [0.717, 1.165) is 28.9 Å². The summed E-state index contributed by atoms with van der Waals surface area (Å²) in [5.74, 6) is 1.82. The van der Waals surface area contributed by atoms with E-state index in [4.69, 9.17) is 16.5 Å². The average molecular weight is 370 g/mol. The number of aryl methyl sites for hydroxylation is 2. The normalized spacial score (nSPS) is 16.7. The average Bonchev–Trinajstić information content (AvgIpc) is 2.91. The molecule has 2 aromatic rings. The topological polar surface area (TPSA) is 89.8 Å². The summed E-state index contributed by atoms with van der Waals surface area (Å²) in [5.41, 5.74) is 13.5. The maximum atomic E-state index is 6.26. The van der Waals surface area contributed by atoms with E-state index in [9.17, 15) is 0 Å². The van der Waals surface area contributed by atoms with Gasteiger partial charge in [-0.3, -0.25) is 0 Å². The number of fused-ring (bicyclic) bond motifs is 3. The minimum Gasteiger partial charge on any atom is -0.383 e. The summed E-state index contributed by atoms with van der Waals surface area (Å²) in [7, 11) is 0. The van der Waals surface area contributed by atoms with Crippen LogP contribution in [0.2, 0.25) is 0 Å². The van der Waals surface area contributed by atoms with Crippen LogP contribution in [0.25, 0.3) is 10.2 Å². The summed E-state index contributed by atoms with van der Waals surface area (Å²) < 4.78 is 0. The third-order valence-electron chi connectivity index (χ3n) is 5.24. The highest BCUT2D eigenvalue weighted by atomic mass is 35.5. The van der Waals surface area contributed by atoms with Gasteiger partial charge in [0.15, 0.2) is 0 Å². The van der Waals surface area contributed by atoms with E-state index in [0.29, 0.717) is 24.8 Å². The third-order valence-corrected chi connectivity index (χ3v) is 6.42. The fraction of sp³-hybridized carbons (Fsp3) is 0.647. The molecule has 0 radical (unpaired) electrons. The van der Waals surface area contributed by atoms with Gasteiger partial charge >= 0.3 is 0 Å². The fourth-order valence-electron chi connectivity index (χ4n) is 3.10. The smallest absolute Gasteiger partial charge is 0.146 e. The van der Waals surface area contributed by atoms with E-state index in [1.807, 2.05) is 0 Å². The molecule has 1 unspecified atom stereocenters. The van der Waals surface area contributed by atoms with Gasteiger partial charge in [0.05, 0.1) is 11.9 Å². The highest BCUT2D eigenvalue weighted by molar-refractivity contribution is 7.19. The van der Waals surface area contributed by atoms with Crippen LogP contribution >= 0.6 is 23.7 Å². The molecule has 24 heavy (non-hydrogen) atoms. The molecule has 2 aromatic heterocycles. The minimum absolute atomic E-state index is 0. The monoisotopic (exact) mass is 369 g/mol. The molecule has 3 rings (SSSR count). The van der Waals surface area contributed by atoms with Crippen LogP contribution in [0.1, 0.15) is 49.9 Å². The van der Waals surface area contributed by atoms with Crippen molar-refractivity contribution < 1.29 is 0 Å². The van der Waals surface area contributed by atoms with Crippen molar-refractivity contribution in [3.05, 3.63) is 16.3 Å². The summed E-state index contributed by atoms with van der Waals surface area (Å²) in [5, 5.41) is 4.61. The lowest BCUT2D eigenvalue weighted by molar-refractivity contribution is 0.265. The number of hydrogen-bond donors (Lipinski definition) is 3. The highest BCUT2D eigenvalue weighted by Gasteiger charge is 2.26. The molecule has 0 amide bonds. The molecule has 0 spiro atoms. The zero-order chi connectivity index (χ0) is 16.6. The van der Waals surface area contributed by atoms with Crippen molar-refractivity contribution in [3.63, 3.8) is 0 Å². The lowest BCUT2D eigenvalue weighted by Gasteiger charge is -2.33. The Bertz CT molecular complexity index is 715. The van der Waals surface area contributed by atoms with Crippen LogP contribution in [0.4, 0.5) is 5.82 Å². The van der Waals surface area contributed by atoms with Gasteiger partial charge in [0.2, 0.25) is 0 Å². The van der Waals surface area contributed by atoms with Gasteiger partial charge in [0.1, 0.15) is 16.5 Å². The molecular weight excluding hydrogens is 342 g/mol. The van der Waals surface area contributed by atoms with Gasteiger partial charge in [0.25, 0.3) is 0 Å². The van der Waals surface area contributed by atoms with E-state index in [1.165, 1.54) is 23.3 Å². The summed E-state index contributed by atoms with van der Waals surface area (Å²) >= 11 is 1.79. The Morgan fingerprint density at radius 2 is 1.96 bits per heavy atom. The minimum atomic E-state index is -0.123. The molecule has 0 bridgehead atoms. The Morgan fingerprint density at radius 1 is 1.25 bits per heavy atom. The van der Waals surface area contributed by atoms with E-state index in [-0.39, 0.29) is 17.9 Å². The summed E-state index contributed by atoms with van der Waals surface area (Å²) in [6, 6.07) is 0. The predicted octanol–water partition coefficient (Wildman–Crippen LogP) is 3.04. The van der Waals surface area contributed by atoms with Crippen LogP contribution in [0.15, 0.2) is 0 Å². The molecule has 0 saturated heterocycles. The number of nitrogens with zero attached hydrogens (tertiary/aromatic N) is 2. The second kappa shape index (κ2) is 7.52. The summed E-state index contributed by atoms with van der Waals surface area (Å²) in [6.45, 7) is 7.66. The van der Waals surface area contributed by atoms with Crippen LogP contribution in [-0.4, -0.2) is 22.1 Å². The van der Waals surface area contributed by atoms with Crippen LogP contribution in [0.3, 0.4) is 0 Å². The van der Waals surface area contributed by atoms with E-state index in [2.05, 4.69) is 31.1 Å². The van der Waals surface area contributed by atoms with Crippen LogP contribution < -0.4 is 16.8 Å². The Kier molecular flexibility index (Phi) is 6.07. The Hall–Kier alpha value is -0.950. The van der Waals surface area contributed by atoms with Crippen LogP contribution in [-0.2, 0) is 19.4 Å². The number of anilines is 1. The Morgan fingerprint density at radius 3 is 2.62 bits per heavy atom. The lowest BCUT2D eigenvalue weighted by Crippen LogP contribution is -2.52. The first-order chi connectivity index (χ1) is 10.9. The van der Waals surface area contributed by atoms with Gasteiger partial charge in [0, 0.05) is 17.0 Å². The number of nitrogen functional groups attached to an aromatic ring is 1. The van der Waals surface area contributed by atoms with Crippen molar-refractivity contribution in [2.45, 2.75) is 58.5 Å². The fourth-order valence-corrected chi connectivity index (χ4v) is 4.39. The molecule has 1 aliphatic carbocycles. The first-order valence-electron chi connectivity index (χ1n) is 8.46. The molecule has 134 valence electrons. The molecule has 7 heteroatoms. The van der Waals surface area contributed by atoms with Gasteiger partial charge in [-0.2, -0.15) is 0 Å². The molecule has 5 nitrogen and oxygen atoms in total. The van der Waals surface area contributed by atoms with Crippen molar-refractivity contribution in [1.82, 2.24) is 15.3 Å². The number of halogens is 1. The molecule has 0 aliphatic heterocycles. The second-order valence-corrected chi connectivity index (χ2v) is 8.13. The Labute approximate surface area is 154 Å². The third kappa shape index (κ3) is 3.52. The number of nitrogens with two attached hydrogens (primary N) is 2. The molecular formula is C17H28ClN5S. The van der Waals surface area contributed by atoms with Gasteiger partial charge in [-0.15, -0.1) is 23.7 Å². The number of thiophene rings is 1. The predicted molar refractivity (Wildman–Crippen MR) is 105 cm³/mol. The van der Waals surface area contributed by atoms with Crippen molar-refractivity contribution in [2.24, 2.45) is 11.7 Å². The lowest BCUT2D eigenvalue weighted by atomic mass is 9.88. The number of hydrogen-bond acceptors (Lipinski definition) is 6. The largest absolute Gasteiger partial charge is 0.383 e. The standard InChI is InChI=1S/C17H27N5S.ClH/c1-10(2)17(3,9-18)20-8-13-21-15(19)14-11-6-4-5-7-12(11)23-16(14)22-13;/h10,20H,4-9,18H2,1-3H3,(H2,19,21,22);1H. The van der Waals surface area contributed by atoms with Crippen molar-refractivity contribution in [1.29, 1.82) is 0 Å². The van der Waals surface area contributed by atoms with Crippen molar-refractivity contribution in [3.8, 4) is 0 Å². The quantitative estimate of drug-likeness (QED) is 0.753. The molecule has 5 N–H and O–H groups in total. The van der Waals surface area contributed by atoms with E-state index in [1.54, 1.807) is 11.3 Å². The molecule has 0 fully saturated rings. The molecule has 0 saturated carbocycles. The zero-order valence-corrected chi connectivity index (χ0v) is 16.3. The Balaban J connectivity index is 0.00000208. The molecule has 1 aliphatic rings. The SMILES string of the molecule is CC(C)C(C)(CN)NCc1nc(N)c2c3c(sc2n1)CCCC3.Cl. The maximum Gasteiger partial charge on any atom is 0.146 e. The van der Waals surface area contributed by atoms with Gasteiger partial charge < -0.3 is 16.8 Å². The highest BCUT2D eigenvalue weighted by Crippen LogP contribution is 2.37. The van der Waals surface area contributed by atoms with Crippen LogP contribution in [0, 0.1) is 5.92 Å². The molecule has 2 heterocycles. The van der Waals surface area contributed by atoms with E-state index < -0.39 is 0 Å². The van der Waals surface area contributed by atoms with Crippen molar-refractivity contribution >= 4 is 39.8 Å². The van der Waals surface area contributed by atoms with Gasteiger partial charge in [-0.1, -0.05) is 13.8 Å². The second-order valence-electron chi connectivity index (χ2n) is 7.05. The first kappa shape index (κ1) is 19.4. The van der Waals surface area contributed by atoms with Crippen LogP contribution in [0.5, 0.6) is 0 Å². The number of nitrogens with one attached hydrogen (secondary N) is 1. The van der Waals surface area contributed by atoms with Crippen molar-refractivity contribution in [2.75, 3.05) is 12.3 Å².